The summed E-state index contributed by atoms with van der Waals surface area (Å²) in [5.41, 5.74) is 18.4. The number of nitrogens with zero attached hydrogens (tertiary/aromatic N) is 6. The van der Waals surface area contributed by atoms with Gasteiger partial charge in [0.15, 0.2) is 11.6 Å². The summed E-state index contributed by atoms with van der Waals surface area (Å²) in [6.07, 6.45) is 63.8. The monoisotopic (exact) mass is 1800 g/mol. The van der Waals surface area contributed by atoms with Crippen molar-refractivity contribution in [3.63, 3.8) is 0 Å². The lowest BCUT2D eigenvalue weighted by atomic mass is 9.99. The fourth-order valence-corrected chi connectivity index (χ4v) is 25.8. The molecule has 0 radical (unpaired) electrons. The molecule has 0 aliphatic heterocycles. The van der Waals surface area contributed by atoms with E-state index in [1.54, 1.807) is 0 Å². The van der Waals surface area contributed by atoms with Gasteiger partial charge < -0.3 is 9.13 Å². The Bertz CT molecular complexity index is 5660. The molecule has 14 heteroatoms. The lowest BCUT2D eigenvalue weighted by molar-refractivity contribution is 0.410. The quantitative estimate of drug-likeness (QED) is 0.0357. The first-order valence-corrected chi connectivity index (χ1v) is 55.2. The molecule has 0 aliphatic carbocycles. The molecule has 0 aliphatic rings. The van der Waals surface area contributed by atoms with Crippen LogP contribution >= 0.6 is 68.8 Å². The maximum absolute atomic E-state index is 17.8. The van der Waals surface area contributed by atoms with Crippen LogP contribution in [0.2, 0.25) is 0 Å². The van der Waals surface area contributed by atoms with Gasteiger partial charge in [-0.3, -0.25) is 0 Å². The molecule has 0 N–H and O–H groups in total. The number of thiophene rings is 4. The van der Waals surface area contributed by atoms with Gasteiger partial charge >= 0.3 is 0 Å². The van der Waals surface area contributed by atoms with Gasteiger partial charge in [-0.05, 0) is 159 Å². The molecule has 8 heterocycles. The van der Waals surface area contributed by atoms with Crippen molar-refractivity contribution in [2.24, 2.45) is 0 Å². The summed E-state index contributed by atoms with van der Waals surface area (Å²) in [4.78, 5) is 8.69. The zero-order chi connectivity index (χ0) is 87.4. The molecule has 0 amide bonds. The van der Waals surface area contributed by atoms with E-state index in [2.05, 4.69) is 174 Å². The number of benzene rings is 6. The summed E-state index contributed by atoms with van der Waals surface area (Å²) >= 11 is 9.31. The zero-order valence-corrected chi connectivity index (χ0v) is 82.8. The van der Waals surface area contributed by atoms with E-state index >= 15 is 8.78 Å². The van der Waals surface area contributed by atoms with Gasteiger partial charge in [0.1, 0.15) is 22.1 Å². The molecule has 126 heavy (non-hydrogen) atoms. The largest absolute Gasteiger partial charge is 0.337 e. The summed E-state index contributed by atoms with van der Waals surface area (Å²) < 4.78 is 61.0. The van der Waals surface area contributed by atoms with Gasteiger partial charge in [0.05, 0.1) is 51.1 Å². The first kappa shape index (κ1) is 95.3. The van der Waals surface area contributed by atoms with E-state index < -0.39 is 11.6 Å². The van der Waals surface area contributed by atoms with Crippen LogP contribution in [0.4, 0.5) is 8.78 Å². The Morgan fingerprint density at radius 3 is 0.984 bits per heavy atom. The van der Waals surface area contributed by atoms with E-state index in [-0.39, 0.29) is 11.1 Å². The van der Waals surface area contributed by atoms with Crippen LogP contribution < -0.4 is 0 Å². The lowest BCUT2D eigenvalue weighted by Gasteiger charge is -2.22. The van der Waals surface area contributed by atoms with Crippen LogP contribution in [-0.4, -0.2) is 26.6 Å². The van der Waals surface area contributed by atoms with Crippen LogP contribution in [0, 0.1) is 25.5 Å². The minimum Gasteiger partial charge on any atom is -0.337 e. The predicted octanol–water partition coefficient (Wildman–Crippen LogP) is 39.7. The SMILES string of the molecule is CCCCCCCCCCCCc1cc(-c2ccc(-c3cc(CCCCCCCCCCCC)c(-c4ccc5c6ccc(-c7ccc(-c8c(F)c(F)c(-c9ccc(-c%10ccc%11c%12ccc(C)cc%12n(C(CCCCCCCC)CCCCCCCC)c%11c%10)s9)c9nsnc89)s7)cc6n(C(CCCCCCCC)CCCCCCCC)c5c4)s3)c3nsnc23)sc1C. The van der Waals surface area contributed by atoms with Crippen molar-refractivity contribution in [1.29, 1.82) is 0 Å². The Labute approximate surface area is 779 Å². The molecule has 0 fully saturated rings. The molecular formula is C112H146F2N6S6. The van der Waals surface area contributed by atoms with E-state index in [1.807, 2.05) is 34.8 Å². The molecule has 6 aromatic carbocycles. The number of rotatable bonds is 59. The highest BCUT2D eigenvalue weighted by atomic mass is 32.1. The van der Waals surface area contributed by atoms with Crippen LogP contribution in [-0.2, 0) is 12.8 Å². The van der Waals surface area contributed by atoms with Gasteiger partial charge in [-0.25, -0.2) is 8.78 Å². The molecule has 674 valence electrons. The third-order valence-electron chi connectivity index (χ3n) is 27.6. The van der Waals surface area contributed by atoms with Gasteiger partial charge in [-0.1, -0.05) is 372 Å². The maximum Gasteiger partial charge on any atom is 0.170 e. The van der Waals surface area contributed by atoms with Gasteiger partial charge in [-0.2, -0.15) is 17.5 Å². The van der Waals surface area contributed by atoms with Crippen molar-refractivity contribution in [2.75, 3.05) is 0 Å². The number of aryl methyl sites for hydroxylation is 4. The molecule has 6 nitrogen and oxygen atoms in total. The predicted molar refractivity (Wildman–Crippen MR) is 554 cm³/mol. The van der Waals surface area contributed by atoms with Gasteiger partial charge in [0.25, 0.3) is 0 Å². The normalized spacial score (nSPS) is 12.2. The van der Waals surface area contributed by atoms with Gasteiger partial charge in [0, 0.05) is 89.3 Å². The van der Waals surface area contributed by atoms with Crippen molar-refractivity contribution < 1.29 is 8.78 Å². The highest BCUT2D eigenvalue weighted by molar-refractivity contribution is 7.20. The van der Waals surface area contributed by atoms with Crippen molar-refractivity contribution in [2.45, 2.75) is 389 Å². The molecular weight excluding hydrogens is 1660 g/mol. The fourth-order valence-electron chi connectivity index (χ4n) is 20.3. The van der Waals surface area contributed by atoms with Crippen molar-refractivity contribution in [1.82, 2.24) is 26.6 Å². The number of fused-ring (bicyclic) bond motifs is 8. The molecule has 0 saturated carbocycles. The maximum atomic E-state index is 17.8. The second kappa shape index (κ2) is 49.5. The first-order chi connectivity index (χ1) is 62.0. The Hall–Kier alpha value is -6.78. The highest BCUT2D eigenvalue weighted by Gasteiger charge is 2.30. The molecule has 0 bridgehead atoms. The second-order valence-corrected chi connectivity index (χ2v) is 42.8. The Kier molecular flexibility index (Phi) is 37.4. The van der Waals surface area contributed by atoms with Crippen molar-refractivity contribution in [3.8, 4) is 73.1 Å². The second-order valence-electron chi connectivity index (χ2n) is 37.3. The molecule has 0 spiro atoms. The number of halogens is 2. The molecule has 14 aromatic rings. The zero-order valence-electron chi connectivity index (χ0n) is 77.9. The number of unbranched alkanes of at least 4 members (excludes halogenated alkanes) is 38. The molecule has 0 unspecified atom stereocenters. The molecule has 0 saturated heterocycles. The fraction of sp³-hybridized carbons (Fsp3) is 0.536. The van der Waals surface area contributed by atoms with E-state index in [0.717, 1.165) is 82.2 Å². The third kappa shape index (κ3) is 24.1. The van der Waals surface area contributed by atoms with E-state index in [1.165, 1.54) is 413 Å². The van der Waals surface area contributed by atoms with E-state index in [4.69, 9.17) is 17.5 Å². The van der Waals surface area contributed by atoms with Crippen molar-refractivity contribution >= 4 is 134 Å². The Balaban J connectivity index is 0.789. The summed E-state index contributed by atoms with van der Waals surface area (Å²) in [5.74, 6) is -1.75. The molecule has 0 atom stereocenters. The van der Waals surface area contributed by atoms with Crippen molar-refractivity contribution in [3.05, 3.63) is 155 Å². The number of hydrogen-bond donors (Lipinski definition) is 0. The Morgan fingerprint density at radius 1 is 0.278 bits per heavy atom. The van der Waals surface area contributed by atoms with Gasteiger partial charge in [0.2, 0.25) is 0 Å². The van der Waals surface area contributed by atoms with Crippen LogP contribution in [0.25, 0.3) is 139 Å². The van der Waals surface area contributed by atoms with E-state index in [9.17, 15) is 0 Å². The topological polar surface area (TPSA) is 61.4 Å². The van der Waals surface area contributed by atoms with E-state index in [0.29, 0.717) is 32.9 Å². The van der Waals surface area contributed by atoms with Crippen LogP contribution in [0.1, 0.15) is 383 Å². The average molecular weight is 1810 g/mol. The smallest absolute Gasteiger partial charge is 0.170 e. The standard InChI is InChI=1S/C112H146F2N6S6/c1-9-15-21-27-33-35-37-39-41-47-53-81-77-102(121-80(81)8)92-67-68-93(109-108(92)115-125-116-109)103-78-84(54-48-42-40-38-36-34-28-22-16-10-2)112(124-103)85-62-66-91-90-65-61-83(75-96(90)120(97(91)76-85)87(57-51-45-31-25-19-13-5)58-52-46-32-26-20-14-6)99-70-72-101(123-99)105-107(114)106(113)104(110-111(105)118-126-117-110)100-71-69-98(122-100)82-60-64-89-88-63-59-79(7)73-94(88)119(95(89)74-82)86(55-49-43-29-23-17-11-3)56-50-44-30-24-18-12-4/h59-78,86-87H,9-58H2,1-8H3. The van der Waals surface area contributed by atoms with Crippen LogP contribution in [0.15, 0.2) is 121 Å². The highest BCUT2D eigenvalue weighted by Crippen LogP contribution is 2.51. The summed E-state index contributed by atoms with van der Waals surface area (Å²) in [6.45, 7) is 18.4. The summed E-state index contributed by atoms with van der Waals surface area (Å²) in [7, 11) is 0. The third-order valence-corrected chi connectivity index (χ3v) is 33.3. The number of aromatic nitrogens is 6. The van der Waals surface area contributed by atoms with Crippen LogP contribution in [0.3, 0.4) is 0 Å². The lowest BCUT2D eigenvalue weighted by Crippen LogP contribution is -2.09. The first-order valence-electron chi connectivity index (χ1n) is 50.5. The molecule has 8 aromatic heterocycles. The minimum atomic E-state index is -0.877. The molecule has 14 rings (SSSR count). The summed E-state index contributed by atoms with van der Waals surface area (Å²) in [6, 6.07) is 47.0. The number of hydrogen-bond acceptors (Lipinski definition) is 10. The van der Waals surface area contributed by atoms with Gasteiger partial charge in [-0.15, -0.1) is 45.3 Å². The average Bonchev–Trinajstić information content (AvgIpc) is 1.58. The minimum absolute atomic E-state index is 0.185. The summed E-state index contributed by atoms with van der Waals surface area (Å²) in [5, 5.41) is 5.12. The van der Waals surface area contributed by atoms with Crippen LogP contribution in [0.5, 0.6) is 0 Å². The Morgan fingerprint density at radius 2 is 0.587 bits per heavy atom.